The van der Waals surface area contributed by atoms with Crippen LogP contribution >= 0.6 is 0 Å². The number of aryl methyl sites for hydroxylation is 1. The van der Waals surface area contributed by atoms with Crippen LogP contribution in [0.1, 0.15) is 5.56 Å². The van der Waals surface area contributed by atoms with E-state index in [4.69, 9.17) is 5.73 Å². The maximum absolute atomic E-state index is 12.5. The van der Waals surface area contributed by atoms with Crippen molar-refractivity contribution >= 4 is 33.0 Å². The van der Waals surface area contributed by atoms with Gasteiger partial charge in [0.2, 0.25) is 0 Å². The first-order valence-corrected chi connectivity index (χ1v) is 11.4. The molecule has 1 aliphatic rings. The van der Waals surface area contributed by atoms with Gasteiger partial charge in [-0.25, -0.2) is 18.4 Å². The van der Waals surface area contributed by atoms with E-state index in [1.54, 1.807) is 24.3 Å². The second kappa shape index (κ2) is 8.78. The molecule has 162 valence electrons. The van der Waals surface area contributed by atoms with Crippen molar-refractivity contribution in [2.24, 2.45) is 0 Å². The smallest absolute Gasteiger partial charge is 0.257 e. The lowest BCUT2D eigenvalue weighted by molar-refractivity contribution is 0.587. The minimum absolute atomic E-state index is 0.149. The van der Waals surface area contributed by atoms with Gasteiger partial charge in [0.15, 0.2) is 11.6 Å². The van der Waals surface area contributed by atoms with Crippen LogP contribution in [0.3, 0.4) is 0 Å². The summed E-state index contributed by atoms with van der Waals surface area (Å²) in [5.74, 6) is 0.797. The molecule has 31 heavy (non-hydrogen) atoms. The highest BCUT2D eigenvalue weighted by atomic mass is 32.2. The summed E-state index contributed by atoms with van der Waals surface area (Å²) in [4.78, 5) is 15.3. The number of hydrogen-bond donors (Lipinski definition) is 3. The lowest BCUT2D eigenvalue weighted by Gasteiger charge is -2.37. The standard InChI is InChI=1S/C21H25N7O2S/c1-16-7-9-18(10-8-16)31(29,30)26-25-20-19(22)21(24-15-23-20)28-13-11-27(12-14-28)17-5-3-2-4-6-17/h2-10,15,26H,11-14,22H2,1H3,(H,23,24,25). The lowest BCUT2D eigenvalue weighted by atomic mass is 10.2. The highest BCUT2D eigenvalue weighted by Crippen LogP contribution is 2.27. The third-order valence-corrected chi connectivity index (χ3v) is 6.46. The second-order valence-electron chi connectivity index (χ2n) is 7.31. The predicted octanol–water partition coefficient (Wildman–Crippen LogP) is 2.00. The number of nitrogens with one attached hydrogen (secondary N) is 2. The van der Waals surface area contributed by atoms with Crippen LogP contribution in [0.5, 0.6) is 0 Å². The van der Waals surface area contributed by atoms with Crippen LogP contribution in [0.25, 0.3) is 0 Å². The summed E-state index contributed by atoms with van der Waals surface area (Å²) in [5.41, 5.74) is 11.4. The molecule has 0 bridgehead atoms. The summed E-state index contributed by atoms with van der Waals surface area (Å²) in [6.45, 7) is 5.03. The number of rotatable bonds is 6. The fourth-order valence-corrected chi connectivity index (χ4v) is 4.29. The van der Waals surface area contributed by atoms with Crippen molar-refractivity contribution < 1.29 is 8.42 Å². The van der Waals surface area contributed by atoms with E-state index in [0.717, 1.165) is 31.7 Å². The van der Waals surface area contributed by atoms with E-state index in [1.807, 2.05) is 25.1 Å². The van der Waals surface area contributed by atoms with E-state index in [1.165, 1.54) is 12.0 Å². The number of piperazine rings is 1. The minimum Gasteiger partial charge on any atom is -0.393 e. The number of sulfonamides is 1. The highest BCUT2D eigenvalue weighted by molar-refractivity contribution is 7.89. The average Bonchev–Trinajstić information content (AvgIpc) is 2.79. The molecule has 10 heteroatoms. The molecule has 0 spiro atoms. The van der Waals surface area contributed by atoms with Gasteiger partial charge in [-0.3, -0.25) is 5.43 Å². The van der Waals surface area contributed by atoms with Crippen LogP contribution in [-0.2, 0) is 10.0 Å². The largest absolute Gasteiger partial charge is 0.393 e. The quantitative estimate of drug-likeness (QED) is 0.500. The molecular weight excluding hydrogens is 414 g/mol. The summed E-state index contributed by atoms with van der Waals surface area (Å²) >= 11 is 0. The van der Waals surface area contributed by atoms with E-state index in [2.05, 4.69) is 42.2 Å². The molecule has 2 heterocycles. The number of anilines is 4. The third kappa shape index (κ3) is 4.70. The number of hydrazine groups is 1. The Morgan fingerprint density at radius 1 is 0.903 bits per heavy atom. The molecule has 1 aliphatic heterocycles. The first-order valence-electron chi connectivity index (χ1n) is 9.94. The molecule has 1 saturated heterocycles. The summed E-state index contributed by atoms with van der Waals surface area (Å²) in [6.07, 6.45) is 1.37. The van der Waals surface area contributed by atoms with Gasteiger partial charge in [0.1, 0.15) is 12.0 Å². The van der Waals surface area contributed by atoms with Crippen molar-refractivity contribution in [3.8, 4) is 0 Å². The summed E-state index contributed by atoms with van der Waals surface area (Å²) < 4.78 is 25.0. The Morgan fingerprint density at radius 2 is 1.55 bits per heavy atom. The molecule has 1 fully saturated rings. The molecule has 9 nitrogen and oxygen atoms in total. The molecule has 0 amide bonds. The van der Waals surface area contributed by atoms with Crippen LogP contribution in [0.2, 0.25) is 0 Å². The van der Waals surface area contributed by atoms with Gasteiger partial charge < -0.3 is 15.5 Å². The van der Waals surface area contributed by atoms with Gasteiger partial charge in [-0.2, -0.15) is 0 Å². The first kappa shape index (κ1) is 20.9. The number of nitrogens with two attached hydrogens (primary N) is 1. The summed E-state index contributed by atoms with van der Waals surface area (Å²) in [6, 6.07) is 16.8. The molecule has 0 radical (unpaired) electrons. The van der Waals surface area contributed by atoms with E-state index in [9.17, 15) is 8.42 Å². The Labute approximate surface area is 181 Å². The fraction of sp³-hybridized carbons (Fsp3) is 0.238. The maximum Gasteiger partial charge on any atom is 0.257 e. The molecule has 0 unspecified atom stereocenters. The number of aromatic nitrogens is 2. The topological polar surface area (TPSA) is 116 Å². The van der Waals surface area contributed by atoms with Crippen molar-refractivity contribution in [2.45, 2.75) is 11.8 Å². The minimum atomic E-state index is -3.76. The van der Waals surface area contributed by atoms with E-state index >= 15 is 0 Å². The Kier molecular flexibility index (Phi) is 5.92. The number of hydrogen-bond acceptors (Lipinski definition) is 8. The van der Waals surface area contributed by atoms with Crippen LogP contribution < -0.4 is 25.8 Å². The molecule has 2 aromatic carbocycles. The van der Waals surface area contributed by atoms with Crippen molar-refractivity contribution in [3.63, 3.8) is 0 Å². The fourth-order valence-electron chi connectivity index (χ4n) is 3.45. The lowest BCUT2D eigenvalue weighted by Crippen LogP contribution is -2.47. The van der Waals surface area contributed by atoms with E-state index < -0.39 is 10.0 Å². The van der Waals surface area contributed by atoms with Crippen LogP contribution in [0, 0.1) is 6.92 Å². The van der Waals surface area contributed by atoms with Crippen molar-refractivity contribution in [1.82, 2.24) is 14.8 Å². The van der Waals surface area contributed by atoms with Gasteiger partial charge in [0, 0.05) is 31.9 Å². The molecule has 1 aromatic heterocycles. The van der Waals surface area contributed by atoms with Gasteiger partial charge >= 0.3 is 0 Å². The molecule has 4 N–H and O–H groups in total. The van der Waals surface area contributed by atoms with E-state index in [0.29, 0.717) is 11.5 Å². The van der Waals surface area contributed by atoms with E-state index in [-0.39, 0.29) is 10.7 Å². The van der Waals surface area contributed by atoms with Gasteiger partial charge in [0.25, 0.3) is 10.0 Å². The van der Waals surface area contributed by atoms with Crippen LogP contribution in [0.4, 0.5) is 23.0 Å². The molecule has 0 atom stereocenters. The number of nitrogen functional groups attached to an aromatic ring is 1. The molecule has 0 aliphatic carbocycles. The molecular formula is C21H25N7O2S. The normalized spacial score (nSPS) is 14.5. The Morgan fingerprint density at radius 3 is 2.23 bits per heavy atom. The third-order valence-electron chi connectivity index (χ3n) is 5.20. The SMILES string of the molecule is Cc1ccc(S(=O)(=O)NNc2ncnc(N3CCN(c4ccccc4)CC3)c2N)cc1. The van der Waals surface area contributed by atoms with Gasteiger partial charge in [-0.1, -0.05) is 35.9 Å². The Hall–Kier alpha value is -3.37. The van der Waals surface area contributed by atoms with Crippen LogP contribution in [0.15, 0.2) is 65.8 Å². The average molecular weight is 440 g/mol. The zero-order chi connectivity index (χ0) is 21.8. The highest BCUT2D eigenvalue weighted by Gasteiger charge is 2.22. The molecule has 3 aromatic rings. The van der Waals surface area contributed by atoms with Gasteiger partial charge in [-0.05, 0) is 31.2 Å². The first-order chi connectivity index (χ1) is 14.9. The van der Waals surface area contributed by atoms with Crippen molar-refractivity contribution in [2.75, 3.05) is 47.1 Å². The number of para-hydroxylation sites is 1. The van der Waals surface area contributed by atoms with Gasteiger partial charge in [-0.15, -0.1) is 4.83 Å². The second-order valence-corrected chi connectivity index (χ2v) is 9.00. The zero-order valence-corrected chi connectivity index (χ0v) is 18.0. The number of benzene rings is 2. The maximum atomic E-state index is 12.5. The Bertz CT molecular complexity index is 1130. The monoisotopic (exact) mass is 439 g/mol. The predicted molar refractivity (Wildman–Crippen MR) is 122 cm³/mol. The zero-order valence-electron chi connectivity index (χ0n) is 17.2. The van der Waals surface area contributed by atoms with Crippen LogP contribution in [-0.4, -0.2) is 44.6 Å². The summed E-state index contributed by atoms with van der Waals surface area (Å²) in [5, 5.41) is 0. The molecule has 0 saturated carbocycles. The Balaban J connectivity index is 1.43. The van der Waals surface area contributed by atoms with Crippen molar-refractivity contribution in [1.29, 1.82) is 0 Å². The molecule has 4 rings (SSSR count). The summed E-state index contributed by atoms with van der Waals surface area (Å²) in [7, 11) is -3.76. The van der Waals surface area contributed by atoms with Crippen molar-refractivity contribution in [3.05, 3.63) is 66.5 Å². The number of nitrogens with zero attached hydrogens (tertiary/aromatic N) is 4. The van der Waals surface area contributed by atoms with Gasteiger partial charge in [0.05, 0.1) is 4.90 Å².